The second kappa shape index (κ2) is 7.25. The number of benzene rings is 1. The first-order valence-corrected chi connectivity index (χ1v) is 7.35. The van der Waals surface area contributed by atoms with Gasteiger partial charge in [0.05, 0.1) is 11.3 Å². The van der Waals surface area contributed by atoms with Crippen molar-refractivity contribution in [2.45, 2.75) is 40.0 Å². The fraction of sp³-hybridized carbons (Fsp3) is 0.529. The van der Waals surface area contributed by atoms with Crippen LogP contribution in [0.2, 0.25) is 0 Å². The third-order valence-corrected chi connectivity index (χ3v) is 3.94. The molecule has 1 rings (SSSR count). The Balaban J connectivity index is 2.86. The summed E-state index contributed by atoms with van der Waals surface area (Å²) >= 11 is 0. The largest absolute Gasteiger partial charge is 0.481 e. The molecule has 116 valence electrons. The van der Waals surface area contributed by atoms with E-state index in [0.29, 0.717) is 0 Å². The van der Waals surface area contributed by atoms with Crippen LogP contribution in [0.1, 0.15) is 45.6 Å². The van der Waals surface area contributed by atoms with Crippen LogP contribution >= 0.6 is 0 Å². The van der Waals surface area contributed by atoms with E-state index in [-0.39, 0.29) is 24.3 Å². The highest BCUT2D eigenvalue weighted by Crippen LogP contribution is 2.27. The highest BCUT2D eigenvalue weighted by atomic mass is 16.4. The van der Waals surface area contributed by atoms with E-state index in [9.17, 15) is 9.59 Å². The van der Waals surface area contributed by atoms with Crippen LogP contribution < -0.4 is 5.32 Å². The van der Waals surface area contributed by atoms with Gasteiger partial charge in [-0.05, 0) is 25.3 Å². The molecule has 2 unspecified atom stereocenters. The molecule has 0 aliphatic rings. The van der Waals surface area contributed by atoms with Gasteiger partial charge in [-0.1, -0.05) is 50.6 Å². The Kier molecular flexibility index (Phi) is 5.94. The fourth-order valence-electron chi connectivity index (χ4n) is 2.13. The first-order valence-electron chi connectivity index (χ1n) is 7.35. The number of rotatable bonds is 7. The molecule has 0 saturated carbocycles. The van der Waals surface area contributed by atoms with Crippen molar-refractivity contribution >= 4 is 11.9 Å². The van der Waals surface area contributed by atoms with Gasteiger partial charge in [0.25, 0.3) is 0 Å². The van der Waals surface area contributed by atoms with Crippen LogP contribution in [0, 0.1) is 11.3 Å². The topological polar surface area (TPSA) is 66.4 Å². The molecule has 0 aliphatic heterocycles. The number of nitrogens with one attached hydrogen (secondary N) is 1. The van der Waals surface area contributed by atoms with Crippen LogP contribution in [0.25, 0.3) is 0 Å². The van der Waals surface area contributed by atoms with Crippen molar-refractivity contribution in [2.75, 3.05) is 6.54 Å². The molecule has 21 heavy (non-hydrogen) atoms. The molecule has 1 aromatic rings. The molecule has 4 heteroatoms. The van der Waals surface area contributed by atoms with E-state index in [1.807, 2.05) is 37.3 Å². The van der Waals surface area contributed by atoms with E-state index in [2.05, 4.69) is 12.2 Å². The van der Waals surface area contributed by atoms with Gasteiger partial charge >= 0.3 is 5.97 Å². The summed E-state index contributed by atoms with van der Waals surface area (Å²) in [5.41, 5.74) is 0.00397. The van der Waals surface area contributed by atoms with Gasteiger partial charge in [0, 0.05) is 6.54 Å². The maximum absolute atomic E-state index is 12.5. The Morgan fingerprint density at radius 2 is 1.81 bits per heavy atom. The van der Waals surface area contributed by atoms with E-state index in [0.717, 1.165) is 12.0 Å². The molecular formula is C17H25NO3. The minimum absolute atomic E-state index is 0.107. The molecule has 0 spiro atoms. The molecule has 1 amide bonds. The Morgan fingerprint density at radius 3 is 2.29 bits per heavy atom. The highest BCUT2D eigenvalue weighted by molar-refractivity contribution is 5.84. The fourth-order valence-corrected chi connectivity index (χ4v) is 2.13. The summed E-state index contributed by atoms with van der Waals surface area (Å²) in [5, 5.41) is 11.9. The van der Waals surface area contributed by atoms with Crippen LogP contribution in [-0.2, 0) is 9.59 Å². The average Bonchev–Trinajstić information content (AvgIpc) is 2.46. The molecule has 2 atom stereocenters. The van der Waals surface area contributed by atoms with E-state index in [4.69, 9.17) is 5.11 Å². The number of amides is 1. The average molecular weight is 291 g/mol. The van der Waals surface area contributed by atoms with Crippen LogP contribution in [0.15, 0.2) is 30.3 Å². The van der Waals surface area contributed by atoms with Crippen molar-refractivity contribution in [1.82, 2.24) is 5.32 Å². The molecule has 4 nitrogen and oxygen atoms in total. The number of carboxylic acids is 1. The third-order valence-electron chi connectivity index (χ3n) is 3.94. The van der Waals surface area contributed by atoms with Crippen LogP contribution in [0.5, 0.6) is 0 Å². The molecule has 0 fully saturated rings. The van der Waals surface area contributed by atoms with Crippen molar-refractivity contribution in [3.05, 3.63) is 35.9 Å². The van der Waals surface area contributed by atoms with E-state index >= 15 is 0 Å². The van der Waals surface area contributed by atoms with Gasteiger partial charge in [-0.15, -0.1) is 0 Å². The first-order chi connectivity index (χ1) is 9.79. The summed E-state index contributed by atoms with van der Waals surface area (Å²) in [7, 11) is 0. The second-order valence-electron chi connectivity index (χ2n) is 6.18. The SMILES string of the molecule is CCC(C)C(C(=O)NCC(C)(C)C(=O)O)c1ccccc1. The Bertz CT molecular complexity index is 482. The summed E-state index contributed by atoms with van der Waals surface area (Å²) in [6.07, 6.45) is 0.884. The van der Waals surface area contributed by atoms with Crippen LogP contribution in [0.4, 0.5) is 0 Å². The van der Waals surface area contributed by atoms with Gasteiger partial charge in [-0.3, -0.25) is 9.59 Å². The standard InChI is InChI=1S/C17H25NO3/c1-5-12(2)14(13-9-7-6-8-10-13)15(19)18-11-17(3,4)16(20)21/h6-10,12,14H,5,11H2,1-4H3,(H,18,19)(H,20,21). The minimum atomic E-state index is -0.966. The van der Waals surface area contributed by atoms with E-state index < -0.39 is 11.4 Å². The predicted octanol–water partition coefficient (Wildman–Crippen LogP) is 3.04. The lowest BCUT2D eigenvalue weighted by atomic mass is 9.84. The summed E-state index contributed by atoms with van der Waals surface area (Å²) in [4.78, 5) is 23.6. The number of carbonyl (C=O) groups excluding carboxylic acids is 1. The van der Waals surface area contributed by atoms with E-state index in [1.54, 1.807) is 13.8 Å². The predicted molar refractivity (Wildman–Crippen MR) is 83.1 cm³/mol. The maximum Gasteiger partial charge on any atom is 0.310 e. The molecule has 0 saturated heterocycles. The van der Waals surface area contributed by atoms with Crippen molar-refractivity contribution in [3.63, 3.8) is 0 Å². The Hall–Kier alpha value is -1.84. The number of carboxylic acid groups (broad SMARTS) is 1. The zero-order valence-electron chi connectivity index (χ0n) is 13.2. The minimum Gasteiger partial charge on any atom is -0.481 e. The first kappa shape index (κ1) is 17.2. The van der Waals surface area contributed by atoms with Crippen LogP contribution in [-0.4, -0.2) is 23.5 Å². The zero-order chi connectivity index (χ0) is 16.0. The number of carbonyl (C=O) groups is 2. The van der Waals surface area contributed by atoms with E-state index in [1.165, 1.54) is 0 Å². The second-order valence-corrected chi connectivity index (χ2v) is 6.18. The Morgan fingerprint density at radius 1 is 1.24 bits per heavy atom. The molecule has 2 N–H and O–H groups in total. The van der Waals surface area contributed by atoms with Crippen LogP contribution in [0.3, 0.4) is 0 Å². The lowest BCUT2D eigenvalue weighted by Crippen LogP contribution is -2.41. The van der Waals surface area contributed by atoms with Gasteiger partial charge in [-0.2, -0.15) is 0 Å². The summed E-state index contributed by atoms with van der Waals surface area (Å²) in [6, 6.07) is 9.64. The van der Waals surface area contributed by atoms with Crippen molar-refractivity contribution in [2.24, 2.45) is 11.3 Å². The van der Waals surface area contributed by atoms with Crippen molar-refractivity contribution < 1.29 is 14.7 Å². The summed E-state index contributed by atoms with van der Waals surface area (Å²) in [5.74, 6) is -1.08. The van der Waals surface area contributed by atoms with Crippen molar-refractivity contribution in [1.29, 1.82) is 0 Å². The summed E-state index contributed by atoms with van der Waals surface area (Å²) < 4.78 is 0. The molecule has 0 heterocycles. The normalized spacial score (nSPS) is 14.3. The third kappa shape index (κ3) is 4.59. The van der Waals surface area contributed by atoms with Gasteiger partial charge in [-0.25, -0.2) is 0 Å². The smallest absolute Gasteiger partial charge is 0.310 e. The Labute approximate surface area is 126 Å². The lowest BCUT2D eigenvalue weighted by Gasteiger charge is -2.25. The molecule has 0 bridgehead atoms. The molecule has 0 radical (unpaired) electrons. The van der Waals surface area contributed by atoms with Gasteiger partial charge in [0.1, 0.15) is 0 Å². The highest BCUT2D eigenvalue weighted by Gasteiger charge is 2.31. The lowest BCUT2D eigenvalue weighted by molar-refractivity contribution is -0.146. The van der Waals surface area contributed by atoms with Gasteiger partial charge in [0.15, 0.2) is 0 Å². The number of hydrogen-bond acceptors (Lipinski definition) is 2. The molecule has 0 aliphatic carbocycles. The zero-order valence-corrected chi connectivity index (χ0v) is 13.2. The molecule has 1 aromatic carbocycles. The number of aliphatic carboxylic acids is 1. The monoisotopic (exact) mass is 291 g/mol. The van der Waals surface area contributed by atoms with Gasteiger partial charge in [0.2, 0.25) is 5.91 Å². The number of hydrogen-bond donors (Lipinski definition) is 2. The summed E-state index contributed by atoms with van der Waals surface area (Å²) in [6.45, 7) is 7.43. The van der Waals surface area contributed by atoms with Crippen molar-refractivity contribution in [3.8, 4) is 0 Å². The quantitative estimate of drug-likeness (QED) is 0.811. The molecule has 0 aromatic heterocycles. The van der Waals surface area contributed by atoms with Gasteiger partial charge < -0.3 is 10.4 Å². The molecular weight excluding hydrogens is 266 g/mol. The maximum atomic E-state index is 12.5.